The number of aryl methyl sites for hydroxylation is 1. The van der Waals surface area contributed by atoms with Gasteiger partial charge < -0.3 is 39.9 Å². The van der Waals surface area contributed by atoms with Gasteiger partial charge in [-0.25, -0.2) is 9.78 Å². The van der Waals surface area contributed by atoms with Crippen LogP contribution in [0.25, 0.3) is 10.9 Å². The van der Waals surface area contributed by atoms with Crippen LogP contribution in [0.15, 0.2) is 24.3 Å². The zero-order valence-electron chi connectivity index (χ0n) is 27.9. The molecular weight excluding hydrogens is 636 g/mol. The predicted octanol–water partition coefficient (Wildman–Crippen LogP) is 1.70. The molecule has 0 bridgehead atoms. The Balaban J connectivity index is 1.28. The maximum atomic E-state index is 13.6. The van der Waals surface area contributed by atoms with Crippen LogP contribution in [-0.2, 0) is 23.9 Å². The largest absolute Gasteiger partial charge is 0.483 e. The summed E-state index contributed by atoms with van der Waals surface area (Å²) in [6.45, 7) is 5.18. The van der Waals surface area contributed by atoms with Crippen molar-refractivity contribution in [2.24, 2.45) is 5.92 Å². The van der Waals surface area contributed by atoms with Crippen LogP contribution in [0, 0.1) is 12.8 Å². The second-order valence-corrected chi connectivity index (χ2v) is 12.7. The van der Waals surface area contributed by atoms with Gasteiger partial charge in [-0.05, 0) is 63.6 Å². The highest BCUT2D eigenvalue weighted by atomic mass is 16.6. The molecule has 15 nitrogen and oxygen atoms in total. The molecule has 1 saturated carbocycles. The van der Waals surface area contributed by atoms with Crippen LogP contribution in [0.1, 0.15) is 61.5 Å². The summed E-state index contributed by atoms with van der Waals surface area (Å²) in [5.74, 6) is -2.64. The van der Waals surface area contributed by atoms with E-state index in [0.717, 1.165) is 24.8 Å². The molecule has 3 N–H and O–H groups in total. The predicted molar refractivity (Wildman–Crippen MR) is 176 cm³/mol. The fourth-order valence-corrected chi connectivity index (χ4v) is 6.04. The van der Waals surface area contributed by atoms with E-state index in [-0.39, 0.29) is 87.5 Å². The number of nitrogens with zero attached hydrogens (tertiary/aromatic N) is 4. The lowest BCUT2D eigenvalue weighted by molar-refractivity contribution is -0.139. The van der Waals surface area contributed by atoms with Crippen molar-refractivity contribution in [1.82, 2.24) is 30.3 Å². The number of carboxylic acids is 1. The zero-order valence-corrected chi connectivity index (χ0v) is 27.9. The zero-order chi connectivity index (χ0) is 35.1. The Bertz CT molecular complexity index is 1590. The molecule has 1 aliphatic carbocycles. The van der Waals surface area contributed by atoms with Gasteiger partial charge in [-0.2, -0.15) is 0 Å². The number of carbonyl (C=O) groups excluding carboxylic acids is 5. The number of aliphatic carboxylic acids is 1. The maximum absolute atomic E-state index is 13.6. The van der Waals surface area contributed by atoms with E-state index in [4.69, 9.17) is 9.47 Å². The number of hydrogen-bond donors (Lipinski definition) is 3. The Morgan fingerprint density at radius 3 is 2.41 bits per heavy atom. The summed E-state index contributed by atoms with van der Waals surface area (Å²) >= 11 is 0. The smallest absolute Gasteiger partial charge is 0.409 e. The van der Waals surface area contributed by atoms with Gasteiger partial charge in [-0.3, -0.25) is 24.0 Å². The van der Waals surface area contributed by atoms with E-state index in [1.807, 2.05) is 13.0 Å². The minimum atomic E-state index is -1.16. The third-order valence-corrected chi connectivity index (χ3v) is 8.95. The van der Waals surface area contributed by atoms with E-state index in [1.165, 1.54) is 15.9 Å². The van der Waals surface area contributed by atoms with Crippen LogP contribution in [-0.4, -0.2) is 125 Å². The van der Waals surface area contributed by atoms with Crippen molar-refractivity contribution < 1.29 is 43.3 Å². The van der Waals surface area contributed by atoms with Crippen LogP contribution in [0.3, 0.4) is 0 Å². The van der Waals surface area contributed by atoms with E-state index in [0.29, 0.717) is 30.4 Å². The topological polar surface area (TPSA) is 188 Å². The number of likely N-dealkylation sites (tertiary alicyclic amines) is 1. The molecule has 0 radical (unpaired) electrons. The first-order chi connectivity index (χ1) is 23.5. The van der Waals surface area contributed by atoms with Gasteiger partial charge in [0.25, 0.3) is 11.8 Å². The summed E-state index contributed by atoms with van der Waals surface area (Å²) in [4.78, 5) is 85.6. The number of piperazine rings is 1. The first kappa shape index (κ1) is 35.4. The van der Waals surface area contributed by atoms with Crippen LogP contribution in [0.2, 0.25) is 0 Å². The molecule has 2 aromatic rings. The van der Waals surface area contributed by atoms with Gasteiger partial charge in [-0.15, -0.1) is 0 Å². The van der Waals surface area contributed by atoms with Gasteiger partial charge in [0.05, 0.1) is 18.0 Å². The van der Waals surface area contributed by atoms with Crippen molar-refractivity contribution in [3.05, 3.63) is 35.5 Å². The molecule has 15 heteroatoms. The Labute approximate surface area is 284 Å². The molecule has 2 aliphatic heterocycles. The molecule has 1 aromatic heterocycles. The molecule has 3 heterocycles. The normalized spacial score (nSPS) is 18.4. The van der Waals surface area contributed by atoms with Gasteiger partial charge in [0.1, 0.15) is 17.5 Å². The Hall–Kier alpha value is -4.95. The molecular formula is C34H44N6O9. The van der Waals surface area contributed by atoms with Crippen LogP contribution in [0.4, 0.5) is 4.79 Å². The van der Waals surface area contributed by atoms with E-state index < -0.39 is 29.9 Å². The Kier molecular flexibility index (Phi) is 11.5. The molecule has 1 aromatic carbocycles. The van der Waals surface area contributed by atoms with E-state index in [1.54, 1.807) is 24.0 Å². The number of benzene rings is 1. The average molecular weight is 681 g/mol. The van der Waals surface area contributed by atoms with Crippen molar-refractivity contribution in [2.45, 2.75) is 64.5 Å². The quantitative estimate of drug-likeness (QED) is 0.298. The molecule has 264 valence electrons. The summed E-state index contributed by atoms with van der Waals surface area (Å²) in [7, 11) is 0. The third-order valence-electron chi connectivity index (χ3n) is 8.95. The first-order valence-electron chi connectivity index (χ1n) is 16.9. The fraction of sp³-hybridized carbons (Fsp3) is 0.559. The van der Waals surface area contributed by atoms with Gasteiger partial charge in [0.15, 0.2) is 6.61 Å². The van der Waals surface area contributed by atoms with E-state index in [9.17, 15) is 33.9 Å². The van der Waals surface area contributed by atoms with Crippen molar-refractivity contribution >= 4 is 46.6 Å². The molecule has 2 saturated heterocycles. The lowest BCUT2D eigenvalue weighted by atomic mass is 9.97. The molecule has 49 heavy (non-hydrogen) atoms. The van der Waals surface area contributed by atoms with Crippen molar-refractivity contribution in [1.29, 1.82) is 0 Å². The fourth-order valence-electron chi connectivity index (χ4n) is 6.04. The highest BCUT2D eigenvalue weighted by Crippen LogP contribution is 2.28. The average Bonchev–Trinajstić information content (AvgIpc) is 3.92. The number of aromatic nitrogens is 1. The highest BCUT2D eigenvalue weighted by molar-refractivity contribution is 5.99. The number of pyridine rings is 1. The standard InChI is InChI=1S/C34H44N6O9/c1-3-48-34(47)39-15-13-38(14-16-39)33(46)25(10-11-30(42)43)37-32(45)27-18-28(24-9-6-21(2)17-26(24)36-27)49-20-29(41)40-12-4-5-22(19-40)31(44)35-23-7-8-23/h6,9,17-18,22-23,25H,3-5,7-8,10-16,19-20H2,1-2H3,(H,35,44)(H,37,45)(H,42,43). The number of carbonyl (C=O) groups is 6. The van der Waals surface area contributed by atoms with Crippen LogP contribution < -0.4 is 15.4 Å². The SMILES string of the molecule is CCOC(=O)N1CCN(C(=O)C(CCC(=O)O)NC(=O)c2cc(OCC(=O)N3CCCC(C(=O)NC4CC4)C3)c3ccc(C)cc3n2)CC1. The van der Waals surface area contributed by atoms with Gasteiger partial charge in [-0.1, -0.05) is 6.07 Å². The summed E-state index contributed by atoms with van der Waals surface area (Å²) in [6, 6.07) is 5.89. The minimum Gasteiger partial charge on any atom is -0.483 e. The number of fused-ring (bicyclic) bond motifs is 1. The lowest BCUT2D eigenvalue weighted by Crippen LogP contribution is -2.56. The second kappa shape index (κ2) is 16.0. The molecule has 5 rings (SSSR count). The summed E-state index contributed by atoms with van der Waals surface area (Å²) in [6.07, 6.45) is 2.42. The molecule has 2 atom stereocenters. The maximum Gasteiger partial charge on any atom is 0.409 e. The van der Waals surface area contributed by atoms with E-state index in [2.05, 4.69) is 15.6 Å². The number of nitrogens with one attached hydrogen (secondary N) is 2. The van der Waals surface area contributed by atoms with Gasteiger partial charge in [0, 0.05) is 63.2 Å². The molecule has 3 aliphatic rings. The molecule has 0 spiro atoms. The first-order valence-corrected chi connectivity index (χ1v) is 16.9. The molecule has 3 fully saturated rings. The summed E-state index contributed by atoms with van der Waals surface area (Å²) in [5.41, 5.74) is 1.24. The summed E-state index contributed by atoms with van der Waals surface area (Å²) < 4.78 is 11.0. The van der Waals surface area contributed by atoms with E-state index >= 15 is 0 Å². The Morgan fingerprint density at radius 1 is 0.980 bits per heavy atom. The number of rotatable bonds is 12. The highest BCUT2D eigenvalue weighted by Gasteiger charge is 2.33. The number of piperidine rings is 1. The minimum absolute atomic E-state index is 0.0221. The van der Waals surface area contributed by atoms with Crippen LogP contribution in [0.5, 0.6) is 5.75 Å². The molecule has 5 amide bonds. The van der Waals surface area contributed by atoms with Crippen molar-refractivity contribution in [2.75, 3.05) is 52.5 Å². The van der Waals surface area contributed by atoms with Crippen molar-refractivity contribution in [3.8, 4) is 5.75 Å². The molecule has 2 unspecified atom stereocenters. The van der Waals surface area contributed by atoms with Crippen LogP contribution >= 0.6 is 0 Å². The van der Waals surface area contributed by atoms with Gasteiger partial charge in [0.2, 0.25) is 11.8 Å². The summed E-state index contributed by atoms with van der Waals surface area (Å²) in [5, 5.41) is 15.6. The monoisotopic (exact) mass is 680 g/mol. The number of ether oxygens (including phenoxy) is 2. The number of hydrogen-bond acceptors (Lipinski definition) is 9. The third kappa shape index (κ3) is 9.36. The Morgan fingerprint density at radius 2 is 1.71 bits per heavy atom. The lowest BCUT2D eigenvalue weighted by Gasteiger charge is -2.35. The number of amides is 5. The van der Waals surface area contributed by atoms with Crippen molar-refractivity contribution in [3.63, 3.8) is 0 Å². The second-order valence-electron chi connectivity index (χ2n) is 12.7. The van der Waals surface area contributed by atoms with Gasteiger partial charge >= 0.3 is 12.1 Å². The number of carboxylic acid groups (broad SMARTS) is 1.